The summed E-state index contributed by atoms with van der Waals surface area (Å²) < 4.78 is 7.48. The van der Waals surface area contributed by atoms with Gasteiger partial charge in [-0.25, -0.2) is 4.98 Å². The van der Waals surface area contributed by atoms with Crippen molar-refractivity contribution in [3.05, 3.63) is 66.7 Å². The van der Waals surface area contributed by atoms with Crippen LogP contribution in [-0.4, -0.2) is 52.7 Å². The largest absolute Gasteiger partial charge is 0.497 e. The highest BCUT2D eigenvalue weighted by Crippen LogP contribution is 2.23. The fraction of sp³-hybridized carbons (Fsp3) is 0.300. The van der Waals surface area contributed by atoms with Gasteiger partial charge in [0.15, 0.2) is 0 Å². The van der Waals surface area contributed by atoms with E-state index < -0.39 is 0 Å². The van der Waals surface area contributed by atoms with Gasteiger partial charge in [0.2, 0.25) is 5.95 Å². The molecule has 0 unspecified atom stereocenters. The predicted molar refractivity (Wildman–Crippen MR) is 102 cm³/mol. The summed E-state index contributed by atoms with van der Waals surface area (Å²) >= 11 is 0. The van der Waals surface area contributed by atoms with Crippen LogP contribution in [0.15, 0.2) is 61.2 Å². The van der Waals surface area contributed by atoms with E-state index in [-0.39, 0.29) is 0 Å². The van der Waals surface area contributed by atoms with Crippen molar-refractivity contribution in [1.29, 1.82) is 0 Å². The molecule has 1 aromatic carbocycles. The number of methoxy groups -OCH3 is 1. The number of ether oxygens (including phenoxy) is 1. The maximum Gasteiger partial charge on any atom is 0.210 e. The number of rotatable bonds is 5. The van der Waals surface area contributed by atoms with Crippen molar-refractivity contribution >= 4 is 5.95 Å². The molecule has 2 aromatic heterocycles. The van der Waals surface area contributed by atoms with Crippen LogP contribution < -0.4 is 9.64 Å². The van der Waals surface area contributed by atoms with E-state index in [9.17, 15) is 0 Å². The zero-order valence-electron chi connectivity index (χ0n) is 15.0. The monoisotopic (exact) mass is 349 g/mol. The van der Waals surface area contributed by atoms with Gasteiger partial charge in [0, 0.05) is 63.6 Å². The second-order valence-corrected chi connectivity index (χ2v) is 6.42. The van der Waals surface area contributed by atoms with Crippen LogP contribution in [0.3, 0.4) is 0 Å². The molecule has 0 atom stereocenters. The molecule has 26 heavy (non-hydrogen) atoms. The fourth-order valence-corrected chi connectivity index (χ4v) is 3.34. The summed E-state index contributed by atoms with van der Waals surface area (Å²) in [7, 11) is 1.69. The Morgan fingerprint density at radius 3 is 2.58 bits per heavy atom. The van der Waals surface area contributed by atoms with Gasteiger partial charge >= 0.3 is 0 Å². The molecule has 6 heteroatoms. The number of nitrogens with zero attached hydrogens (tertiary/aromatic N) is 5. The fourth-order valence-electron chi connectivity index (χ4n) is 3.34. The lowest BCUT2D eigenvalue weighted by atomic mass is 10.2. The van der Waals surface area contributed by atoms with Crippen molar-refractivity contribution in [2.45, 2.75) is 6.54 Å². The smallest absolute Gasteiger partial charge is 0.210 e. The highest BCUT2D eigenvalue weighted by atomic mass is 16.5. The summed E-state index contributed by atoms with van der Waals surface area (Å²) in [5, 5.41) is 0. The van der Waals surface area contributed by atoms with Gasteiger partial charge in [-0.15, -0.1) is 0 Å². The number of hydrogen-bond acceptors (Lipinski definition) is 5. The highest BCUT2D eigenvalue weighted by molar-refractivity contribution is 5.47. The molecule has 1 aliphatic rings. The Morgan fingerprint density at radius 1 is 1.00 bits per heavy atom. The molecule has 6 nitrogen and oxygen atoms in total. The predicted octanol–water partition coefficient (Wildman–Crippen LogP) is 2.60. The van der Waals surface area contributed by atoms with Crippen LogP contribution in [-0.2, 0) is 6.54 Å². The number of anilines is 1. The molecule has 4 rings (SSSR count). The summed E-state index contributed by atoms with van der Waals surface area (Å²) in [6.07, 6.45) is 7.58. The van der Waals surface area contributed by atoms with Crippen molar-refractivity contribution < 1.29 is 4.74 Å². The van der Waals surface area contributed by atoms with Crippen molar-refractivity contribution in [2.75, 3.05) is 38.2 Å². The topological polar surface area (TPSA) is 46.4 Å². The molecule has 0 aliphatic carbocycles. The molecule has 0 bridgehead atoms. The molecule has 3 heterocycles. The van der Waals surface area contributed by atoms with E-state index in [1.807, 2.05) is 43.0 Å². The van der Waals surface area contributed by atoms with Crippen LogP contribution in [0.25, 0.3) is 5.69 Å². The van der Waals surface area contributed by atoms with Crippen LogP contribution in [0.4, 0.5) is 5.95 Å². The first kappa shape index (κ1) is 16.6. The Bertz CT molecular complexity index is 840. The van der Waals surface area contributed by atoms with E-state index in [0.29, 0.717) is 0 Å². The van der Waals surface area contributed by atoms with E-state index in [2.05, 4.69) is 42.5 Å². The molecular formula is C20H23N5O. The summed E-state index contributed by atoms with van der Waals surface area (Å²) in [5.74, 6) is 1.84. The summed E-state index contributed by atoms with van der Waals surface area (Å²) in [4.78, 5) is 13.5. The average molecular weight is 349 g/mol. The number of aromatic nitrogens is 3. The van der Waals surface area contributed by atoms with Gasteiger partial charge in [-0.3, -0.25) is 14.5 Å². The highest BCUT2D eigenvalue weighted by Gasteiger charge is 2.21. The van der Waals surface area contributed by atoms with Gasteiger partial charge in [-0.2, -0.15) is 0 Å². The van der Waals surface area contributed by atoms with E-state index in [0.717, 1.165) is 50.1 Å². The lowest BCUT2D eigenvalue weighted by Crippen LogP contribution is -2.46. The molecule has 0 spiro atoms. The van der Waals surface area contributed by atoms with Gasteiger partial charge in [0.25, 0.3) is 0 Å². The van der Waals surface area contributed by atoms with Crippen LogP contribution >= 0.6 is 0 Å². The maximum atomic E-state index is 5.35. The molecule has 0 saturated carbocycles. The van der Waals surface area contributed by atoms with Crippen molar-refractivity contribution in [1.82, 2.24) is 19.4 Å². The molecule has 1 saturated heterocycles. The quantitative estimate of drug-likeness (QED) is 0.709. The Hall–Kier alpha value is -2.86. The van der Waals surface area contributed by atoms with Crippen LogP contribution in [0.5, 0.6) is 5.75 Å². The first-order valence-electron chi connectivity index (χ1n) is 8.87. The molecule has 0 radical (unpaired) electrons. The molecule has 3 aromatic rings. The molecule has 1 aliphatic heterocycles. The SMILES string of the molecule is COc1cccc(-n2ccnc2N2CCN(Cc3ccncc3)CC2)c1. The van der Waals surface area contributed by atoms with Crippen molar-refractivity contribution in [2.24, 2.45) is 0 Å². The third-order valence-electron chi connectivity index (χ3n) is 4.76. The molecule has 0 amide bonds. The lowest BCUT2D eigenvalue weighted by molar-refractivity contribution is 0.248. The van der Waals surface area contributed by atoms with E-state index >= 15 is 0 Å². The number of hydrogen-bond donors (Lipinski definition) is 0. The maximum absolute atomic E-state index is 5.35. The van der Waals surface area contributed by atoms with E-state index in [1.165, 1.54) is 5.56 Å². The van der Waals surface area contributed by atoms with E-state index in [1.54, 1.807) is 7.11 Å². The number of benzene rings is 1. The van der Waals surface area contributed by atoms with Crippen molar-refractivity contribution in [3.63, 3.8) is 0 Å². The first-order chi connectivity index (χ1) is 12.8. The van der Waals surface area contributed by atoms with Gasteiger partial charge < -0.3 is 9.64 Å². The number of pyridine rings is 1. The average Bonchev–Trinajstić information content (AvgIpc) is 3.19. The minimum Gasteiger partial charge on any atom is -0.497 e. The summed E-state index contributed by atoms with van der Waals surface area (Å²) in [5.41, 5.74) is 2.38. The van der Waals surface area contributed by atoms with Crippen LogP contribution in [0.1, 0.15) is 5.56 Å². The summed E-state index contributed by atoms with van der Waals surface area (Å²) in [6, 6.07) is 12.2. The van der Waals surface area contributed by atoms with E-state index in [4.69, 9.17) is 4.74 Å². The molecule has 1 fully saturated rings. The Kier molecular flexibility index (Phi) is 4.84. The minimum atomic E-state index is 0.851. The Labute approximate surface area is 153 Å². The third-order valence-corrected chi connectivity index (χ3v) is 4.76. The number of imidazole rings is 1. The first-order valence-corrected chi connectivity index (χ1v) is 8.87. The second-order valence-electron chi connectivity index (χ2n) is 6.42. The standard InChI is InChI=1S/C20H23N5O/c1-26-19-4-2-3-18(15-19)25-10-9-22-20(25)24-13-11-23(12-14-24)16-17-5-7-21-8-6-17/h2-10,15H,11-14,16H2,1H3. The van der Waals surface area contributed by atoms with Crippen LogP contribution in [0, 0.1) is 0 Å². The number of piperazine rings is 1. The van der Waals surface area contributed by atoms with Gasteiger partial charge in [0.1, 0.15) is 5.75 Å². The van der Waals surface area contributed by atoms with Crippen LogP contribution in [0.2, 0.25) is 0 Å². The van der Waals surface area contributed by atoms with Gasteiger partial charge in [-0.05, 0) is 29.8 Å². The lowest BCUT2D eigenvalue weighted by Gasteiger charge is -2.35. The minimum absolute atomic E-state index is 0.851. The molecule has 0 N–H and O–H groups in total. The zero-order chi connectivity index (χ0) is 17.8. The van der Waals surface area contributed by atoms with Gasteiger partial charge in [-0.1, -0.05) is 6.07 Å². The third kappa shape index (κ3) is 3.55. The second kappa shape index (κ2) is 7.58. The molecular weight excluding hydrogens is 326 g/mol. The van der Waals surface area contributed by atoms with Crippen molar-refractivity contribution in [3.8, 4) is 11.4 Å². The van der Waals surface area contributed by atoms with Gasteiger partial charge in [0.05, 0.1) is 12.8 Å². The zero-order valence-corrected chi connectivity index (χ0v) is 15.0. The molecule has 134 valence electrons. The Balaban J connectivity index is 1.44. The normalized spacial score (nSPS) is 15.2. The Morgan fingerprint density at radius 2 is 1.81 bits per heavy atom. The summed E-state index contributed by atoms with van der Waals surface area (Å²) in [6.45, 7) is 4.94.